The van der Waals surface area contributed by atoms with Gasteiger partial charge in [0.2, 0.25) is 5.91 Å². The van der Waals surface area contributed by atoms with Crippen molar-refractivity contribution < 1.29 is 24.2 Å². The molecule has 2 N–H and O–H groups in total. The predicted octanol–water partition coefficient (Wildman–Crippen LogP) is 4.41. The zero-order valence-corrected chi connectivity index (χ0v) is 20.0. The van der Waals surface area contributed by atoms with Gasteiger partial charge in [-0.2, -0.15) is 0 Å². The quantitative estimate of drug-likeness (QED) is 0.667. The summed E-state index contributed by atoms with van der Waals surface area (Å²) >= 11 is 0. The third-order valence-corrected chi connectivity index (χ3v) is 8.03. The topological polar surface area (TPSA) is 95.9 Å². The summed E-state index contributed by atoms with van der Waals surface area (Å²) in [6, 6.07) is 16.1. The molecule has 2 amide bonds. The average Bonchev–Trinajstić information content (AvgIpc) is 3.42. The summed E-state index contributed by atoms with van der Waals surface area (Å²) in [5, 5.41) is 12.5. The summed E-state index contributed by atoms with van der Waals surface area (Å²) in [4.78, 5) is 39.4. The fraction of sp³-hybridized carbons (Fsp3) is 0.464. The Morgan fingerprint density at radius 2 is 1.66 bits per heavy atom. The highest BCUT2D eigenvalue weighted by Crippen LogP contribution is 2.44. The molecule has 3 atom stereocenters. The van der Waals surface area contributed by atoms with Crippen molar-refractivity contribution in [2.45, 2.75) is 51.0 Å². The van der Waals surface area contributed by atoms with Crippen molar-refractivity contribution in [3.05, 3.63) is 59.7 Å². The molecular formula is C28H32N2O5. The minimum atomic E-state index is -0.903. The van der Waals surface area contributed by atoms with Gasteiger partial charge >= 0.3 is 12.1 Å². The molecule has 5 rings (SSSR count). The number of carboxylic acid groups (broad SMARTS) is 1. The van der Waals surface area contributed by atoms with E-state index >= 15 is 0 Å². The number of hydrogen-bond acceptors (Lipinski definition) is 4. The van der Waals surface area contributed by atoms with Crippen LogP contribution in [0.1, 0.15) is 56.1 Å². The molecule has 0 spiro atoms. The van der Waals surface area contributed by atoms with Crippen molar-refractivity contribution in [1.82, 2.24) is 10.2 Å². The lowest BCUT2D eigenvalue weighted by atomic mass is 9.83. The van der Waals surface area contributed by atoms with E-state index < -0.39 is 17.5 Å². The molecule has 1 saturated carbocycles. The zero-order chi connectivity index (χ0) is 24.6. The minimum absolute atomic E-state index is 0.0183. The molecule has 184 valence electrons. The Morgan fingerprint density at radius 1 is 1.03 bits per heavy atom. The molecule has 0 radical (unpaired) electrons. The standard InChI is InChI=1S/C28H32N2O5/c1-28(26(32)33)14-15-30(17-28)25(31)22-12-6-7-13-24(22)29-27(34)35-16-23-20-10-4-2-8-18(20)19-9-3-5-11-21(19)23/h2-5,8-11,22-24H,6-7,12-17H2,1H3,(H,29,34)(H,32,33). The van der Waals surface area contributed by atoms with E-state index in [-0.39, 0.29) is 36.9 Å². The molecule has 7 nitrogen and oxygen atoms in total. The van der Waals surface area contributed by atoms with Crippen LogP contribution in [0.2, 0.25) is 0 Å². The lowest BCUT2D eigenvalue weighted by Crippen LogP contribution is -2.49. The van der Waals surface area contributed by atoms with Gasteiger partial charge in [-0.05, 0) is 48.4 Å². The maximum Gasteiger partial charge on any atom is 0.407 e. The molecule has 0 bridgehead atoms. The summed E-state index contributed by atoms with van der Waals surface area (Å²) in [5.41, 5.74) is 3.76. The molecule has 35 heavy (non-hydrogen) atoms. The second-order valence-corrected chi connectivity index (χ2v) is 10.3. The smallest absolute Gasteiger partial charge is 0.407 e. The molecule has 2 aromatic carbocycles. The molecule has 2 aromatic rings. The maximum absolute atomic E-state index is 13.3. The number of nitrogens with one attached hydrogen (secondary N) is 1. The van der Waals surface area contributed by atoms with Crippen LogP contribution in [0.4, 0.5) is 4.79 Å². The van der Waals surface area contributed by atoms with Gasteiger partial charge in [0.15, 0.2) is 0 Å². The number of rotatable bonds is 5. The van der Waals surface area contributed by atoms with Crippen LogP contribution >= 0.6 is 0 Å². The Hall–Kier alpha value is -3.35. The van der Waals surface area contributed by atoms with E-state index in [4.69, 9.17) is 4.74 Å². The van der Waals surface area contributed by atoms with Crippen LogP contribution in [0, 0.1) is 11.3 Å². The van der Waals surface area contributed by atoms with E-state index in [0.717, 1.165) is 24.0 Å². The maximum atomic E-state index is 13.3. The lowest BCUT2D eigenvalue weighted by molar-refractivity contribution is -0.147. The van der Waals surface area contributed by atoms with E-state index in [9.17, 15) is 19.5 Å². The van der Waals surface area contributed by atoms with E-state index in [1.54, 1.807) is 11.8 Å². The molecule has 0 aromatic heterocycles. The molecule has 7 heteroatoms. The van der Waals surface area contributed by atoms with Crippen molar-refractivity contribution in [3.63, 3.8) is 0 Å². The number of nitrogens with zero attached hydrogens (tertiary/aromatic N) is 1. The molecule has 2 aliphatic carbocycles. The second kappa shape index (κ2) is 9.36. The Bertz CT molecular complexity index is 1100. The number of carbonyl (C=O) groups is 3. The SMILES string of the molecule is CC1(C(=O)O)CCN(C(=O)C2CCCCC2NC(=O)OCC2c3ccccc3-c3ccccc32)C1. The van der Waals surface area contributed by atoms with Gasteiger partial charge in [0, 0.05) is 25.0 Å². The van der Waals surface area contributed by atoms with Crippen LogP contribution in [0.3, 0.4) is 0 Å². The van der Waals surface area contributed by atoms with Gasteiger partial charge in [-0.15, -0.1) is 0 Å². The van der Waals surface area contributed by atoms with Gasteiger partial charge in [0.1, 0.15) is 6.61 Å². The van der Waals surface area contributed by atoms with Crippen molar-refractivity contribution in [1.29, 1.82) is 0 Å². The highest BCUT2D eigenvalue weighted by molar-refractivity contribution is 5.83. The first kappa shape index (κ1) is 23.4. The number of benzene rings is 2. The number of hydrogen-bond donors (Lipinski definition) is 2. The third kappa shape index (κ3) is 4.40. The number of alkyl carbamates (subject to hydrolysis) is 1. The largest absolute Gasteiger partial charge is 0.481 e. The van der Waals surface area contributed by atoms with Crippen LogP contribution < -0.4 is 5.32 Å². The Balaban J connectivity index is 1.23. The number of aliphatic carboxylic acids is 1. The number of fused-ring (bicyclic) bond motifs is 3. The Morgan fingerprint density at radius 3 is 2.29 bits per heavy atom. The second-order valence-electron chi connectivity index (χ2n) is 10.3. The first-order valence-corrected chi connectivity index (χ1v) is 12.5. The number of carbonyl (C=O) groups excluding carboxylic acids is 2. The lowest BCUT2D eigenvalue weighted by Gasteiger charge is -2.34. The van der Waals surface area contributed by atoms with E-state index in [0.29, 0.717) is 25.8 Å². The fourth-order valence-electron chi connectivity index (χ4n) is 5.95. The van der Waals surface area contributed by atoms with E-state index in [2.05, 4.69) is 29.6 Å². The molecule has 1 aliphatic heterocycles. The van der Waals surface area contributed by atoms with Crippen LogP contribution in [0.5, 0.6) is 0 Å². The zero-order valence-electron chi connectivity index (χ0n) is 20.0. The first-order valence-electron chi connectivity index (χ1n) is 12.5. The van der Waals surface area contributed by atoms with Crippen LogP contribution in [-0.4, -0.2) is 53.7 Å². The van der Waals surface area contributed by atoms with Crippen molar-refractivity contribution in [2.75, 3.05) is 19.7 Å². The summed E-state index contributed by atoms with van der Waals surface area (Å²) in [7, 11) is 0. The van der Waals surface area contributed by atoms with Gasteiger partial charge in [-0.25, -0.2) is 4.79 Å². The molecule has 3 unspecified atom stereocenters. The van der Waals surface area contributed by atoms with Crippen molar-refractivity contribution in [3.8, 4) is 11.1 Å². The van der Waals surface area contributed by atoms with Crippen LogP contribution in [0.25, 0.3) is 11.1 Å². The molecule has 3 aliphatic rings. The number of likely N-dealkylation sites (tertiary alicyclic amines) is 1. The van der Waals surface area contributed by atoms with E-state index in [1.165, 1.54) is 11.1 Å². The summed E-state index contributed by atoms with van der Waals surface area (Å²) in [6.45, 7) is 2.58. The summed E-state index contributed by atoms with van der Waals surface area (Å²) in [5.74, 6) is -1.29. The van der Waals surface area contributed by atoms with Gasteiger partial charge in [0.05, 0.1) is 11.3 Å². The summed E-state index contributed by atoms with van der Waals surface area (Å²) < 4.78 is 5.71. The number of carboxylic acids is 1. The fourth-order valence-corrected chi connectivity index (χ4v) is 5.95. The number of amides is 2. The highest BCUT2D eigenvalue weighted by Gasteiger charge is 2.45. The van der Waals surface area contributed by atoms with Gasteiger partial charge in [-0.3, -0.25) is 9.59 Å². The van der Waals surface area contributed by atoms with Crippen LogP contribution in [0.15, 0.2) is 48.5 Å². The highest BCUT2D eigenvalue weighted by atomic mass is 16.5. The first-order chi connectivity index (χ1) is 16.9. The van der Waals surface area contributed by atoms with E-state index in [1.807, 2.05) is 24.3 Å². The summed E-state index contributed by atoms with van der Waals surface area (Å²) in [6.07, 6.45) is 3.20. The average molecular weight is 477 g/mol. The van der Waals surface area contributed by atoms with Crippen molar-refractivity contribution >= 4 is 18.0 Å². The molecule has 1 saturated heterocycles. The molecule has 1 heterocycles. The minimum Gasteiger partial charge on any atom is -0.481 e. The van der Waals surface area contributed by atoms with Gasteiger partial charge in [-0.1, -0.05) is 61.4 Å². The van der Waals surface area contributed by atoms with Crippen molar-refractivity contribution in [2.24, 2.45) is 11.3 Å². The normalized spacial score (nSPS) is 25.6. The third-order valence-electron chi connectivity index (χ3n) is 8.03. The molecular weight excluding hydrogens is 444 g/mol. The van der Waals surface area contributed by atoms with Gasteiger partial charge < -0.3 is 20.1 Å². The Labute approximate surface area is 205 Å². The monoisotopic (exact) mass is 476 g/mol. The predicted molar refractivity (Wildman–Crippen MR) is 131 cm³/mol. The molecule has 2 fully saturated rings. The van der Waals surface area contributed by atoms with Crippen LogP contribution in [-0.2, 0) is 14.3 Å². The Kier molecular flexibility index (Phi) is 6.26. The number of ether oxygens (including phenoxy) is 1. The van der Waals surface area contributed by atoms with Gasteiger partial charge in [0.25, 0.3) is 0 Å².